The molecule has 0 aliphatic carbocycles. The second kappa shape index (κ2) is 6.55. The van der Waals surface area contributed by atoms with Crippen LogP contribution in [0, 0.1) is 5.92 Å². The molecule has 98 valence electrons. The van der Waals surface area contributed by atoms with E-state index < -0.39 is 0 Å². The molecule has 3 nitrogen and oxygen atoms in total. The van der Waals surface area contributed by atoms with Gasteiger partial charge in [-0.3, -0.25) is 4.79 Å². The Morgan fingerprint density at radius 1 is 1.56 bits per heavy atom. The maximum Gasteiger partial charge on any atom is 0.252 e. The van der Waals surface area contributed by atoms with Gasteiger partial charge >= 0.3 is 0 Å². The molecule has 0 radical (unpaired) electrons. The highest BCUT2D eigenvalue weighted by atomic mass is 79.9. The van der Waals surface area contributed by atoms with Crippen LogP contribution in [0.25, 0.3) is 0 Å². The summed E-state index contributed by atoms with van der Waals surface area (Å²) in [5.41, 5.74) is 0.628. The van der Waals surface area contributed by atoms with Crippen LogP contribution in [-0.2, 0) is 0 Å². The highest BCUT2D eigenvalue weighted by Gasteiger charge is 2.15. The number of nitrogens with one attached hydrogen (secondary N) is 2. The molecular formula is C13H16BrClN2O. The van der Waals surface area contributed by atoms with Crippen molar-refractivity contribution in [3.63, 3.8) is 0 Å². The van der Waals surface area contributed by atoms with Crippen LogP contribution in [-0.4, -0.2) is 25.5 Å². The molecule has 2 rings (SSSR count). The zero-order valence-electron chi connectivity index (χ0n) is 10.0. The quantitative estimate of drug-likeness (QED) is 0.894. The lowest BCUT2D eigenvalue weighted by atomic mass is 10.00. The average molecular weight is 332 g/mol. The number of carbonyl (C=O) groups excluding carboxylic acids is 1. The fourth-order valence-electron chi connectivity index (χ4n) is 2.10. The minimum atomic E-state index is -0.0517. The van der Waals surface area contributed by atoms with Crippen LogP contribution in [0.4, 0.5) is 0 Å². The van der Waals surface area contributed by atoms with Crippen molar-refractivity contribution in [2.24, 2.45) is 5.92 Å². The van der Waals surface area contributed by atoms with Crippen LogP contribution in [0.3, 0.4) is 0 Å². The van der Waals surface area contributed by atoms with Gasteiger partial charge in [-0.2, -0.15) is 0 Å². The molecule has 0 aromatic heterocycles. The number of hydrogen-bond donors (Lipinski definition) is 2. The standard InChI is InChI=1S/C13H16BrClN2O/c14-12-6-10(15)3-4-11(12)13(18)17-8-9-2-1-5-16-7-9/h3-4,6,9,16H,1-2,5,7-8H2,(H,17,18). The molecule has 0 spiro atoms. The molecule has 2 N–H and O–H groups in total. The fourth-order valence-corrected chi connectivity index (χ4v) is 2.97. The van der Waals surface area contributed by atoms with E-state index in [-0.39, 0.29) is 5.91 Å². The van der Waals surface area contributed by atoms with Gasteiger partial charge < -0.3 is 10.6 Å². The van der Waals surface area contributed by atoms with Gasteiger partial charge in [0.05, 0.1) is 5.56 Å². The molecule has 1 aromatic carbocycles. The second-order valence-corrected chi connectivity index (χ2v) is 5.84. The first-order chi connectivity index (χ1) is 8.66. The van der Waals surface area contributed by atoms with Crippen LogP contribution >= 0.6 is 27.5 Å². The molecular weight excluding hydrogens is 316 g/mol. The largest absolute Gasteiger partial charge is 0.352 e. The predicted molar refractivity (Wildman–Crippen MR) is 77.1 cm³/mol. The van der Waals surface area contributed by atoms with E-state index in [4.69, 9.17) is 11.6 Å². The Balaban J connectivity index is 1.90. The summed E-state index contributed by atoms with van der Waals surface area (Å²) in [6.45, 7) is 2.80. The van der Waals surface area contributed by atoms with Gasteiger partial charge in [-0.1, -0.05) is 11.6 Å². The first-order valence-electron chi connectivity index (χ1n) is 6.11. The van der Waals surface area contributed by atoms with E-state index in [1.165, 1.54) is 12.8 Å². The molecule has 1 unspecified atom stereocenters. The molecule has 1 heterocycles. The molecule has 1 aromatic rings. The van der Waals surface area contributed by atoms with Crippen molar-refractivity contribution in [1.29, 1.82) is 0 Å². The summed E-state index contributed by atoms with van der Waals surface area (Å²) in [6, 6.07) is 5.20. The van der Waals surface area contributed by atoms with E-state index in [9.17, 15) is 4.79 Å². The van der Waals surface area contributed by atoms with Gasteiger partial charge in [0, 0.05) is 16.0 Å². The van der Waals surface area contributed by atoms with E-state index in [1.807, 2.05) is 0 Å². The molecule has 1 atom stereocenters. The monoisotopic (exact) mass is 330 g/mol. The minimum absolute atomic E-state index is 0.0517. The first-order valence-corrected chi connectivity index (χ1v) is 7.28. The minimum Gasteiger partial charge on any atom is -0.352 e. The Morgan fingerprint density at radius 3 is 3.06 bits per heavy atom. The SMILES string of the molecule is O=C(NCC1CCCNC1)c1ccc(Cl)cc1Br. The van der Waals surface area contributed by atoms with Crippen LogP contribution in [0.5, 0.6) is 0 Å². The van der Waals surface area contributed by atoms with E-state index in [2.05, 4.69) is 26.6 Å². The summed E-state index contributed by atoms with van der Waals surface area (Å²) >= 11 is 9.21. The predicted octanol–water partition coefficient (Wildman–Crippen LogP) is 2.83. The van der Waals surface area contributed by atoms with Crippen molar-refractivity contribution in [2.45, 2.75) is 12.8 Å². The second-order valence-electron chi connectivity index (χ2n) is 4.55. The third-order valence-corrected chi connectivity index (χ3v) is 4.02. The van der Waals surface area contributed by atoms with Crippen LogP contribution in [0.15, 0.2) is 22.7 Å². The topological polar surface area (TPSA) is 41.1 Å². The highest BCUT2D eigenvalue weighted by Crippen LogP contribution is 2.21. The van der Waals surface area contributed by atoms with Crippen LogP contribution in [0.2, 0.25) is 5.02 Å². The highest BCUT2D eigenvalue weighted by molar-refractivity contribution is 9.10. The van der Waals surface area contributed by atoms with Gasteiger partial charge in [-0.05, 0) is 66.0 Å². The maximum absolute atomic E-state index is 12.0. The fraction of sp³-hybridized carbons (Fsp3) is 0.462. The normalized spacial score (nSPS) is 19.6. The number of hydrogen-bond acceptors (Lipinski definition) is 2. The van der Waals surface area contributed by atoms with Crippen LogP contribution < -0.4 is 10.6 Å². The third-order valence-electron chi connectivity index (χ3n) is 3.13. The molecule has 1 aliphatic rings. The summed E-state index contributed by atoms with van der Waals surface area (Å²) in [5.74, 6) is 0.484. The Bertz CT molecular complexity index is 433. The summed E-state index contributed by atoms with van der Waals surface area (Å²) in [6.07, 6.45) is 2.36. The zero-order valence-corrected chi connectivity index (χ0v) is 12.4. The van der Waals surface area contributed by atoms with Crippen molar-refractivity contribution in [1.82, 2.24) is 10.6 Å². The average Bonchev–Trinajstić information content (AvgIpc) is 2.37. The zero-order chi connectivity index (χ0) is 13.0. The lowest BCUT2D eigenvalue weighted by molar-refractivity contribution is 0.0944. The number of amides is 1. The van der Waals surface area contributed by atoms with Gasteiger partial charge in [0.1, 0.15) is 0 Å². The number of rotatable bonds is 3. The Labute approximate surface area is 120 Å². The number of piperidine rings is 1. The molecule has 0 saturated carbocycles. The van der Waals surface area contributed by atoms with Gasteiger partial charge in [0.25, 0.3) is 5.91 Å². The molecule has 0 bridgehead atoms. The molecule has 1 aliphatic heterocycles. The van der Waals surface area contributed by atoms with Crippen molar-refractivity contribution in [2.75, 3.05) is 19.6 Å². The molecule has 1 amide bonds. The van der Waals surface area contributed by atoms with Crippen molar-refractivity contribution < 1.29 is 4.79 Å². The smallest absolute Gasteiger partial charge is 0.252 e. The molecule has 5 heteroatoms. The Kier molecular flexibility index (Phi) is 5.03. The van der Waals surface area contributed by atoms with Gasteiger partial charge in [0.2, 0.25) is 0 Å². The van der Waals surface area contributed by atoms with E-state index in [0.29, 0.717) is 16.5 Å². The number of carbonyl (C=O) groups is 1. The van der Waals surface area contributed by atoms with Crippen molar-refractivity contribution in [3.8, 4) is 0 Å². The van der Waals surface area contributed by atoms with E-state index in [1.54, 1.807) is 18.2 Å². The van der Waals surface area contributed by atoms with E-state index in [0.717, 1.165) is 24.1 Å². The van der Waals surface area contributed by atoms with Crippen LogP contribution in [0.1, 0.15) is 23.2 Å². The summed E-state index contributed by atoms with van der Waals surface area (Å²) in [4.78, 5) is 12.0. The van der Waals surface area contributed by atoms with Gasteiger partial charge in [-0.15, -0.1) is 0 Å². The number of halogens is 2. The third kappa shape index (κ3) is 3.70. The first kappa shape index (κ1) is 13.8. The maximum atomic E-state index is 12.0. The Morgan fingerprint density at radius 2 is 2.39 bits per heavy atom. The number of benzene rings is 1. The van der Waals surface area contributed by atoms with E-state index >= 15 is 0 Å². The van der Waals surface area contributed by atoms with Gasteiger partial charge in [0.15, 0.2) is 0 Å². The summed E-state index contributed by atoms with van der Waals surface area (Å²) in [5, 5.41) is 6.94. The summed E-state index contributed by atoms with van der Waals surface area (Å²) < 4.78 is 0.731. The lowest BCUT2D eigenvalue weighted by Gasteiger charge is -2.22. The molecule has 18 heavy (non-hydrogen) atoms. The molecule has 1 fully saturated rings. The van der Waals surface area contributed by atoms with Crippen molar-refractivity contribution in [3.05, 3.63) is 33.3 Å². The summed E-state index contributed by atoms with van der Waals surface area (Å²) in [7, 11) is 0. The Hall–Kier alpha value is -0.580. The van der Waals surface area contributed by atoms with Gasteiger partial charge in [-0.25, -0.2) is 0 Å². The van der Waals surface area contributed by atoms with Crippen molar-refractivity contribution >= 4 is 33.4 Å². The molecule has 1 saturated heterocycles. The lowest BCUT2D eigenvalue weighted by Crippen LogP contribution is -2.38.